The predicted molar refractivity (Wildman–Crippen MR) is 35.1 cm³/mol. The van der Waals surface area contributed by atoms with Gasteiger partial charge in [0.15, 0.2) is 0 Å². The van der Waals surface area contributed by atoms with Crippen LogP contribution in [-0.2, 0) is 12.8 Å². The van der Waals surface area contributed by atoms with E-state index < -0.39 is 0 Å². The number of pyridine rings is 1. The summed E-state index contributed by atoms with van der Waals surface area (Å²) in [5.74, 6) is 0. The van der Waals surface area contributed by atoms with Crippen molar-refractivity contribution in [3.8, 4) is 0 Å². The van der Waals surface area contributed by atoms with Gasteiger partial charge in [-0.05, 0) is 12.1 Å². The Morgan fingerprint density at radius 1 is 1.40 bits per heavy atom. The molecule has 0 N–H and O–H groups in total. The Kier molecular flexibility index (Phi) is 3.53. The van der Waals surface area contributed by atoms with E-state index >= 15 is 0 Å². The molecule has 2 rings (SSSR count). The van der Waals surface area contributed by atoms with Gasteiger partial charge in [-0.15, -0.1) is 0 Å². The molecule has 0 radical (unpaired) electrons. The number of nitrogens with zero attached hydrogens (tertiary/aromatic N) is 1. The normalized spacial score (nSPS) is 14.0. The van der Waals surface area contributed by atoms with Crippen LogP contribution < -0.4 is 51.4 Å². The van der Waals surface area contributed by atoms with Crippen molar-refractivity contribution >= 4 is 0 Å². The van der Waals surface area contributed by atoms with E-state index in [0.29, 0.717) is 0 Å². The van der Waals surface area contributed by atoms with E-state index in [0.717, 1.165) is 0 Å². The Hall–Kier alpha value is 0.786. The Labute approximate surface area is 104 Å². The van der Waals surface area contributed by atoms with E-state index in [1.54, 1.807) is 6.20 Å². The topological polar surface area (TPSA) is 12.9 Å². The molecule has 1 nitrogen and oxygen atoms in total. The Balaban J connectivity index is 0.000000500. The quantitative estimate of drug-likeness (QED) is 0.326. The van der Waals surface area contributed by atoms with Crippen LogP contribution in [0.1, 0.15) is 17.7 Å². The second-order valence-electron chi connectivity index (χ2n) is 2.39. The SMILES string of the molecule is [K+].[c-]1cnc2c(c1)CCC2. The van der Waals surface area contributed by atoms with Crippen LogP contribution in [0.25, 0.3) is 0 Å². The Morgan fingerprint density at radius 2 is 2.30 bits per heavy atom. The average Bonchev–Trinajstić information content (AvgIpc) is 2.33. The van der Waals surface area contributed by atoms with Crippen LogP contribution >= 0.6 is 0 Å². The molecule has 0 saturated heterocycles. The Morgan fingerprint density at radius 3 is 3.10 bits per heavy atom. The summed E-state index contributed by atoms with van der Waals surface area (Å²) < 4.78 is 0. The van der Waals surface area contributed by atoms with Gasteiger partial charge < -0.3 is 4.98 Å². The van der Waals surface area contributed by atoms with Crippen LogP contribution in [0.3, 0.4) is 0 Å². The summed E-state index contributed by atoms with van der Waals surface area (Å²) in [6, 6.07) is 5.03. The van der Waals surface area contributed by atoms with E-state index in [-0.39, 0.29) is 51.4 Å². The van der Waals surface area contributed by atoms with E-state index in [4.69, 9.17) is 0 Å². The largest absolute Gasteiger partial charge is 1.00 e. The van der Waals surface area contributed by atoms with E-state index in [1.165, 1.54) is 30.5 Å². The van der Waals surface area contributed by atoms with Gasteiger partial charge in [0.2, 0.25) is 0 Å². The molecular formula is C8H8KN. The van der Waals surface area contributed by atoms with Crippen molar-refractivity contribution in [3.63, 3.8) is 0 Å². The molecule has 2 heteroatoms. The number of rotatable bonds is 0. The van der Waals surface area contributed by atoms with Crippen molar-refractivity contribution in [1.29, 1.82) is 0 Å². The van der Waals surface area contributed by atoms with Gasteiger partial charge in [0, 0.05) is 0 Å². The smallest absolute Gasteiger partial charge is 0.300 e. The first kappa shape index (κ1) is 8.88. The Bertz CT molecular complexity index is 199. The zero-order valence-corrected chi connectivity index (χ0v) is 9.35. The molecule has 1 aromatic heterocycles. The molecule has 10 heavy (non-hydrogen) atoms. The fraction of sp³-hybridized carbons (Fsp3) is 0.375. The standard InChI is InChI=1S/C8H8N.K/c1-3-7-4-2-6-9-8(7)5-1;/h4,6H,1,3,5H2;/q-1;+1. The molecular weight excluding hydrogens is 149 g/mol. The van der Waals surface area contributed by atoms with Crippen LogP contribution in [0, 0.1) is 6.07 Å². The van der Waals surface area contributed by atoms with Gasteiger partial charge in [0.25, 0.3) is 0 Å². The van der Waals surface area contributed by atoms with Gasteiger partial charge in [-0.3, -0.25) is 0 Å². The second-order valence-corrected chi connectivity index (χ2v) is 2.39. The first-order chi connectivity index (χ1) is 4.47. The molecule has 46 valence electrons. The zero-order valence-electron chi connectivity index (χ0n) is 6.22. The van der Waals surface area contributed by atoms with Crippen molar-refractivity contribution in [2.24, 2.45) is 0 Å². The summed E-state index contributed by atoms with van der Waals surface area (Å²) >= 11 is 0. The summed E-state index contributed by atoms with van der Waals surface area (Å²) in [7, 11) is 0. The maximum Gasteiger partial charge on any atom is 1.00 e. The van der Waals surface area contributed by atoms with Crippen molar-refractivity contribution in [2.45, 2.75) is 19.3 Å². The van der Waals surface area contributed by atoms with Crippen LogP contribution in [0.2, 0.25) is 0 Å². The van der Waals surface area contributed by atoms with E-state index in [9.17, 15) is 0 Å². The van der Waals surface area contributed by atoms with Gasteiger partial charge in [-0.2, -0.15) is 5.56 Å². The van der Waals surface area contributed by atoms with Gasteiger partial charge in [0.05, 0.1) is 0 Å². The molecule has 0 bridgehead atoms. The second kappa shape index (κ2) is 3.98. The first-order valence-electron chi connectivity index (χ1n) is 3.30. The minimum Gasteiger partial charge on any atom is -0.300 e. The van der Waals surface area contributed by atoms with Crippen LogP contribution in [-0.4, -0.2) is 4.98 Å². The molecule has 0 aliphatic heterocycles. The minimum atomic E-state index is 0. The summed E-state index contributed by atoms with van der Waals surface area (Å²) in [6.07, 6.45) is 5.41. The molecule has 0 amide bonds. The average molecular weight is 157 g/mol. The zero-order chi connectivity index (χ0) is 6.10. The van der Waals surface area contributed by atoms with Gasteiger partial charge in [-0.25, -0.2) is 12.1 Å². The fourth-order valence-electron chi connectivity index (χ4n) is 1.31. The third-order valence-corrected chi connectivity index (χ3v) is 1.78. The molecule has 1 heterocycles. The van der Waals surface area contributed by atoms with Gasteiger partial charge in [0.1, 0.15) is 0 Å². The van der Waals surface area contributed by atoms with Crippen LogP contribution in [0.15, 0.2) is 12.3 Å². The molecule has 0 saturated carbocycles. The van der Waals surface area contributed by atoms with Gasteiger partial charge in [-0.1, -0.05) is 19.0 Å². The number of fused-ring (bicyclic) bond motifs is 1. The van der Waals surface area contributed by atoms with Crippen LogP contribution in [0.5, 0.6) is 0 Å². The molecule has 0 unspecified atom stereocenters. The predicted octanol–water partition coefficient (Wildman–Crippen LogP) is -1.63. The summed E-state index contributed by atoms with van der Waals surface area (Å²) in [4.78, 5) is 4.20. The third-order valence-electron chi connectivity index (χ3n) is 1.78. The number of aryl methyl sites for hydroxylation is 2. The number of hydrogen-bond acceptors (Lipinski definition) is 1. The van der Waals surface area contributed by atoms with Gasteiger partial charge >= 0.3 is 51.4 Å². The molecule has 0 spiro atoms. The number of hydrogen-bond donors (Lipinski definition) is 0. The number of aromatic nitrogens is 1. The van der Waals surface area contributed by atoms with Crippen molar-refractivity contribution in [3.05, 3.63) is 29.6 Å². The van der Waals surface area contributed by atoms with E-state index in [2.05, 4.69) is 17.1 Å². The maximum absolute atomic E-state index is 4.20. The molecule has 0 aromatic carbocycles. The fourth-order valence-corrected chi connectivity index (χ4v) is 1.31. The molecule has 0 atom stereocenters. The van der Waals surface area contributed by atoms with Crippen molar-refractivity contribution < 1.29 is 51.4 Å². The maximum atomic E-state index is 4.20. The summed E-state index contributed by atoms with van der Waals surface area (Å²) in [6.45, 7) is 0. The van der Waals surface area contributed by atoms with Crippen molar-refractivity contribution in [2.75, 3.05) is 0 Å². The minimum absolute atomic E-state index is 0. The van der Waals surface area contributed by atoms with Crippen molar-refractivity contribution in [1.82, 2.24) is 4.98 Å². The third kappa shape index (κ3) is 1.68. The van der Waals surface area contributed by atoms with Crippen LogP contribution in [0.4, 0.5) is 0 Å². The molecule has 0 fully saturated rings. The molecule has 1 aromatic rings. The monoisotopic (exact) mass is 157 g/mol. The summed E-state index contributed by atoms with van der Waals surface area (Å²) in [5.41, 5.74) is 2.69. The molecule has 1 aliphatic carbocycles. The van der Waals surface area contributed by atoms with E-state index in [1.807, 2.05) is 0 Å². The first-order valence-corrected chi connectivity index (χ1v) is 3.30. The molecule has 1 aliphatic rings. The summed E-state index contributed by atoms with van der Waals surface area (Å²) in [5, 5.41) is 0.